The maximum Gasteiger partial charge on any atom is 0.270 e. The number of benzene rings is 1. The van der Waals surface area contributed by atoms with E-state index in [9.17, 15) is 23.3 Å². The Labute approximate surface area is 118 Å². The van der Waals surface area contributed by atoms with E-state index in [1.54, 1.807) is 0 Å². The number of nitrogens with zero attached hydrogens (tertiary/aromatic N) is 1. The van der Waals surface area contributed by atoms with Crippen LogP contribution in [0.5, 0.6) is 0 Å². The normalized spacial score (nSPS) is 11.1. The van der Waals surface area contributed by atoms with Crippen LogP contribution in [-0.2, 0) is 9.84 Å². The molecule has 1 aromatic carbocycles. The Hall–Kier alpha value is -1.48. The topological polar surface area (TPSA) is 106 Å². The van der Waals surface area contributed by atoms with Gasteiger partial charge in [0.05, 0.1) is 16.2 Å². The monoisotopic (exact) mass is 350 g/mol. The van der Waals surface area contributed by atoms with Gasteiger partial charge in [0.15, 0.2) is 0 Å². The lowest BCUT2D eigenvalue weighted by molar-refractivity contribution is -0.384. The molecular weight excluding hydrogens is 340 g/mol. The van der Waals surface area contributed by atoms with Gasteiger partial charge >= 0.3 is 0 Å². The first-order chi connectivity index (χ1) is 8.70. The van der Waals surface area contributed by atoms with E-state index < -0.39 is 20.7 Å². The Morgan fingerprint density at radius 2 is 2.11 bits per heavy atom. The number of carbonyl (C=O) groups excluding carboxylic acids is 1. The highest BCUT2D eigenvalue weighted by Crippen LogP contribution is 2.22. The van der Waals surface area contributed by atoms with Gasteiger partial charge in [-0.25, -0.2) is 8.42 Å². The van der Waals surface area contributed by atoms with Crippen LogP contribution in [0.1, 0.15) is 10.4 Å². The molecule has 0 radical (unpaired) electrons. The summed E-state index contributed by atoms with van der Waals surface area (Å²) >= 11 is 3.11. The number of non-ortho nitro benzene ring substituents is 1. The third-order valence-electron chi connectivity index (χ3n) is 2.16. The molecule has 1 N–H and O–H groups in total. The van der Waals surface area contributed by atoms with Gasteiger partial charge in [0.1, 0.15) is 9.84 Å². The lowest BCUT2D eigenvalue weighted by Crippen LogP contribution is -2.29. The second kappa shape index (κ2) is 6.11. The van der Waals surface area contributed by atoms with Crippen molar-refractivity contribution >= 4 is 37.4 Å². The third kappa shape index (κ3) is 4.95. The number of carbonyl (C=O) groups is 1. The van der Waals surface area contributed by atoms with Crippen LogP contribution in [0, 0.1) is 10.1 Å². The van der Waals surface area contributed by atoms with Crippen molar-refractivity contribution in [3.05, 3.63) is 38.3 Å². The first kappa shape index (κ1) is 15.6. The van der Waals surface area contributed by atoms with Crippen LogP contribution >= 0.6 is 15.9 Å². The van der Waals surface area contributed by atoms with Crippen LogP contribution in [0.15, 0.2) is 22.7 Å². The highest BCUT2D eigenvalue weighted by atomic mass is 79.9. The summed E-state index contributed by atoms with van der Waals surface area (Å²) in [5.74, 6) is -0.759. The van der Waals surface area contributed by atoms with Gasteiger partial charge in [-0.15, -0.1) is 0 Å². The number of hydrogen-bond donors (Lipinski definition) is 1. The molecule has 9 heteroatoms. The van der Waals surface area contributed by atoms with Crippen molar-refractivity contribution < 1.29 is 18.1 Å². The lowest BCUT2D eigenvalue weighted by Gasteiger charge is -2.06. The first-order valence-corrected chi connectivity index (χ1v) is 7.96. The van der Waals surface area contributed by atoms with Crippen LogP contribution in [0.4, 0.5) is 5.69 Å². The number of nitro benzene ring substituents is 1. The number of rotatable bonds is 5. The van der Waals surface area contributed by atoms with E-state index in [-0.39, 0.29) is 23.5 Å². The Balaban J connectivity index is 2.82. The molecule has 19 heavy (non-hydrogen) atoms. The Morgan fingerprint density at radius 3 is 2.63 bits per heavy atom. The molecule has 0 spiro atoms. The van der Waals surface area contributed by atoms with Crippen molar-refractivity contribution in [3.63, 3.8) is 0 Å². The molecule has 0 bridgehead atoms. The minimum absolute atomic E-state index is 0.0488. The fourth-order valence-electron chi connectivity index (χ4n) is 1.25. The van der Waals surface area contributed by atoms with E-state index in [4.69, 9.17) is 0 Å². The second-order valence-electron chi connectivity index (χ2n) is 3.81. The molecule has 1 amide bonds. The minimum atomic E-state index is -3.17. The summed E-state index contributed by atoms with van der Waals surface area (Å²) in [5.41, 5.74) is -0.126. The third-order valence-corrected chi connectivity index (χ3v) is 3.80. The molecule has 1 rings (SSSR count). The number of halogens is 1. The molecule has 0 fully saturated rings. The first-order valence-electron chi connectivity index (χ1n) is 5.10. The van der Waals surface area contributed by atoms with E-state index in [0.717, 1.165) is 12.3 Å². The molecule has 0 unspecified atom stereocenters. The van der Waals surface area contributed by atoms with Gasteiger partial charge in [-0.1, -0.05) is 0 Å². The van der Waals surface area contributed by atoms with Gasteiger partial charge < -0.3 is 5.32 Å². The summed E-state index contributed by atoms with van der Waals surface area (Å²) < 4.78 is 22.2. The number of nitrogens with one attached hydrogen (secondary N) is 1. The molecule has 0 aliphatic heterocycles. The maximum atomic E-state index is 11.8. The Bertz CT molecular complexity index is 614. The summed E-state index contributed by atoms with van der Waals surface area (Å²) in [6.45, 7) is -0.0488. The molecule has 1 aromatic rings. The lowest BCUT2D eigenvalue weighted by atomic mass is 10.2. The number of hydrogen-bond acceptors (Lipinski definition) is 5. The molecule has 0 aliphatic rings. The largest absolute Gasteiger partial charge is 0.351 e. The van der Waals surface area contributed by atoms with Crippen LogP contribution in [0.2, 0.25) is 0 Å². The highest BCUT2D eigenvalue weighted by Gasteiger charge is 2.15. The van der Waals surface area contributed by atoms with Crippen molar-refractivity contribution in [2.24, 2.45) is 0 Å². The zero-order valence-corrected chi connectivity index (χ0v) is 12.3. The Kier molecular flexibility index (Phi) is 5.01. The second-order valence-corrected chi connectivity index (χ2v) is 6.92. The van der Waals surface area contributed by atoms with Gasteiger partial charge in [-0.05, 0) is 22.0 Å². The molecule has 0 aliphatic carbocycles. The molecule has 0 atom stereocenters. The van der Waals surface area contributed by atoms with Crippen molar-refractivity contribution in [2.75, 3.05) is 18.6 Å². The smallest absolute Gasteiger partial charge is 0.270 e. The van der Waals surface area contributed by atoms with Gasteiger partial charge in [0.25, 0.3) is 11.6 Å². The molecule has 0 aromatic heterocycles. The average molecular weight is 351 g/mol. The minimum Gasteiger partial charge on any atom is -0.351 e. The highest BCUT2D eigenvalue weighted by molar-refractivity contribution is 9.10. The van der Waals surface area contributed by atoms with Crippen molar-refractivity contribution in [1.29, 1.82) is 0 Å². The predicted octanol–water partition coefficient (Wildman–Crippen LogP) is 1.13. The fourth-order valence-corrected chi connectivity index (χ4v) is 2.15. The van der Waals surface area contributed by atoms with Crippen molar-refractivity contribution in [3.8, 4) is 0 Å². The standard InChI is InChI=1S/C10H11BrN2O5S/c1-19(17,18)5-4-12-10(14)8-6-7(13(15)16)2-3-9(8)11/h2-3,6H,4-5H2,1H3,(H,12,14). The molecular formula is C10H11BrN2O5S. The predicted molar refractivity (Wildman–Crippen MR) is 72.8 cm³/mol. The Morgan fingerprint density at radius 1 is 1.47 bits per heavy atom. The summed E-state index contributed by atoms with van der Waals surface area (Å²) in [6, 6.07) is 3.78. The van der Waals surface area contributed by atoms with E-state index in [1.807, 2.05) is 0 Å². The number of nitro groups is 1. The SMILES string of the molecule is CS(=O)(=O)CCNC(=O)c1cc([N+](=O)[O-])ccc1Br. The molecule has 0 saturated heterocycles. The van der Waals surface area contributed by atoms with E-state index in [1.165, 1.54) is 12.1 Å². The van der Waals surface area contributed by atoms with Crippen LogP contribution < -0.4 is 5.32 Å². The van der Waals surface area contributed by atoms with Crippen LogP contribution in [0.3, 0.4) is 0 Å². The van der Waals surface area contributed by atoms with Gasteiger partial charge in [0.2, 0.25) is 0 Å². The molecule has 104 valence electrons. The summed E-state index contributed by atoms with van der Waals surface area (Å²) in [5, 5.41) is 13.0. The average Bonchev–Trinajstić information content (AvgIpc) is 2.27. The van der Waals surface area contributed by atoms with E-state index in [2.05, 4.69) is 21.2 Å². The quantitative estimate of drug-likeness (QED) is 0.632. The van der Waals surface area contributed by atoms with Crippen LogP contribution in [-0.4, -0.2) is 37.8 Å². The summed E-state index contributed by atoms with van der Waals surface area (Å²) in [6.07, 6.45) is 1.06. The molecule has 0 saturated carbocycles. The van der Waals surface area contributed by atoms with Gasteiger partial charge in [0, 0.05) is 29.4 Å². The number of sulfone groups is 1. The van der Waals surface area contributed by atoms with Crippen molar-refractivity contribution in [2.45, 2.75) is 0 Å². The summed E-state index contributed by atoms with van der Waals surface area (Å²) in [4.78, 5) is 21.8. The van der Waals surface area contributed by atoms with Crippen LogP contribution in [0.25, 0.3) is 0 Å². The van der Waals surface area contributed by atoms with E-state index in [0.29, 0.717) is 4.47 Å². The number of amides is 1. The molecule has 7 nitrogen and oxygen atoms in total. The van der Waals surface area contributed by atoms with E-state index >= 15 is 0 Å². The summed E-state index contributed by atoms with van der Waals surface area (Å²) in [7, 11) is -3.17. The fraction of sp³-hybridized carbons (Fsp3) is 0.300. The zero-order valence-electron chi connectivity index (χ0n) is 9.92. The van der Waals surface area contributed by atoms with Gasteiger partial charge in [-0.2, -0.15) is 0 Å². The van der Waals surface area contributed by atoms with Gasteiger partial charge in [-0.3, -0.25) is 14.9 Å². The zero-order chi connectivity index (χ0) is 14.6. The maximum absolute atomic E-state index is 11.8. The van der Waals surface area contributed by atoms with Crippen molar-refractivity contribution in [1.82, 2.24) is 5.32 Å². The molecule has 0 heterocycles.